The molecule has 0 aliphatic heterocycles. The monoisotopic (exact) mass is 512 g/mol. The van der Waals surface area contributed by atoms with Crippen LogP contribution in [0.15, 0.2) is 84.3 Å². The van der Waals surface area contributed by atoms with Crippen molar-refractivity contribution in [2.24, 2.45) is 11.5 Å². The minimum absolute atomic E-state index is 0.0177. The second kappa shape index (κ2) is 10.4. The number of halogens is 1. The molecular formula is C24H21ClN4O5S. The second-order valence-electron chi connectivity index (χ2n) is 7.31. The van der Waals surface area contributed by atoms with Crippen LogP contribution in [0.1, 0.15) is 31.1 Å². The van der Waals surface area contributed by atoms with Gasteiger partial charge >= 0.3 is 0 Å². The van der Waals surface area contributed by atoms with Crippen LogP contribution in [-0.2, 0) is 10.0 Å². The molecule has 0 aliphatic carbocycles. The summed E-state index contributed by atoms with van der Waals surface area (Å²) in [6.07, 6.45) is 1.44. The summed E-state index contributed by atoms with van der Waals surface area (Å²) >= 11 is 5.92. The van der Waals surface area contributed by atoms with Crippen molar-refractivity contribution in [3.05, 3.63) is 101 Å². The topological polar surface area (TPSA) is 153 Å². The number of amides is 3. The van der Waals surface area contributed by atoms with Gasteiger partial charge in [0, 0.05) is 27.4 Å². The summed E-state index contributed by atoms with van der Waals surface area (Å²) in [7, 11) is -4.08. The van der Waals surface area contributed by atoms with Crippen LogP contribution >= 0.6 is 11.6 Å². The molecule has 0 aliphatic rings. The predicted molar refractivity (Wildman–Crippen MR) is 134 cm³/mol. The van der Waals surface area contributed by atoms with Crippen LogP contribution in [0.5, 0.6) is 0 Å². The van der Waals surface area contributed by atoms with Crippen molar-refractivity contribution in [1.29, 1.82) is 0 Å². The number of carbonyl (C=O) groups excluding carboxylic acids is 3. The summed E-state index contributed by atoms with van der Waals surface area (Å²) in [6.45, 7) is 3.60. The fourth-order valence-corrected chi connectivity index (χ4v) is 4.79. The normalized spacial score (nSPS) is 10.9. The van der Waals surface area contributed by atoms with Gasteiger partial charge in [-0.3, -0.25) is 18.7 Å². The molecule has 3 aromatic rings. The standard InChI is InChI=1S/C24H21ClN4O5S/c1-2-10-29(20-8-6-18(25)7-9-20)35(33,34)21-5-3-4-15(14-21)24(32)28-19-12-16(22(26)30)11-17(13-19)23(27)31/h2-9,11-14H,1,10H2,(H2,26,30)(H2,27,31)(H,28,32). The van der Waals surface area contributed by atoms with E-state index in [0.717, 1.165) is 4.31 Å². The first-order valence-corrected chi connectivity index (χ1v) is 11.9. The first-order chi connectivity index (χ1) is 16.5. The number of rotatable bonds is 9. The van der Waals surface area contributed by atoms with Gasteiger partial charge in [0.1, 0.15) is 0 Å². The number of nitrogens with one attached hydrogen (secondary N) is 1. The molecule has 0 bridgehead atoms. The quantitative estimate of drug-likeness (QED) is 0.376. The fourth-order valence-electron chi connectivity index (χ4n) is 3.18. The predicted octanol–water partition coefficient (Wildman–Crippen LogP) is 3.17. The van der Waals surface area contributed by atoms with Crippen molar-refractivity contribution >= 4 is 50.7 Å². The molecule has 0 fully saturated rings. The molecule has 0 heterocycles. The maximum atomic E-state index is 13.4. The van der Waals surface area contributed by atoms with Gasteiger partial charge < -0.3 is 16.8 Å². The molecule has 35 heavy (non-hydrogen) atoms. The molecule has 0 spiro atoms. The molecule has 0 unspecified atom stereocenters. The van der Waals surface area contributed by atoms with E-state index in [4.69, 9.17) is 23.1 Å². The lowest BCUT2D eigenvalue weighted by atomic mass is 10.1. The van der Waals surface area contributed by atoms with Crippen molar-refractivity contribution in [3.63, 3.8) is 0 Å². The first-order valence-electron chi connectivity index (χ1n) is 10.1. The molecule has 9 nitrogen and oxygen atoms in total. The van der Waals surface area contributed by atoms with Gasteiger partial charge in [0.2, 0.25) is 11.8 Å². The van der Waals surface area contributed by atoms with Gasteiger partial charge in [-0.1, -0.05) is 23.7 Å². The van der Waals surface area contributed by atoms with E-state index in [-0.39, 0.29) is 33.8 Å². The van der Waals surface area contributed by atoms with E-state index in [2.05, 4.69) is 11.9 Å². The third-order valence-electron chi connectivity index (χ3n) is 4.85. The minimum Gasteiger partial charge on any atom is -0.366 e. The molecule has 0 radical (unpaired) electrons. The highest BCUT2D eigenvalue weighted by molar-refractivity contribution is 7.92. The van der Waals surface area contributed by atoms with Crippen LogP contribution in [0.3, 0.4) is 0 Å². The highest BCUT2D eigenvalue weighted by Gasteiger charge is 2.25. The van der Waals surface area contributed by atoms with E-state index >= 15 is 0 Å². The van der Waals surface area contributed by atoms with Crippen molar-refractivity contribution in [2.45, 2.75) is 4.90 Å². The second-order valence-corrected chi connectivity index (χ2v) is 9.61. The smallest absolute Gasteiger partial charge is 0.264 e. The van der Waals surface area contributed by atoms with Gasteiger partial charge in [-0.15, -0.1) is 6.58 Å². The van der Waals surface area contributed by atoms with Gasteiger partial charge in [0.25, 0.3) is 15.9 Å². The van der Waals surface area contributed by atoms with Crippen molar-refractivity contribution < 1.29 is 22.8 Å². The molecule has 180 valence electrons. The summed E-state index contributed by atoms with van der Waals surface area (Å²) in [5.74, 6) is -2.32. The average molecular weight is 513 g/mol. The zero-order valence-corrected chi connectivity index (χ0v) is 19.8. The number of benzene rings is 3. The maximum absolute atomic E-state index is 13.4. The molecule has 3 rings (SSSR count). The van der Waals surface area contributed by atoms with Crippen LogP contribution in [0.4, 0.5) is 11.4 Å². The van der Waals surface area contributed by atoms with Gasteiger partial charge in [-0.05, 0) is 60.7 Å². The summed E-state index contributed by atoms with van der Waals surface area (Å²) in [4.78, 5) is 35.9. The molecule has 3 amide bonds. The zero-order valence-electron chi connectivity index (χ0n) is 18.3. The van der Waals surface area contributed by atoms with E-state index in [0.29, 0.717) is 10.7 Å². The van der Waals surface area contributed by atoms with E-state index in [1.54, 1.807) is 24.3 Å². The molecule has 5 N–H and O–H groups in total. The summed E-state index contributed by atoms with van der Waals surface area (Å²) < 4.78 is 27.9. The van der Waals surface area contributed by atoms with E-state index < -0.39 is 27.7 Å². The Kier molecular flexibility index (Phi) is 7.58. The van der Waals surface area contributed by atoms with E-state index in [1.165, 1.54) is 48.5 Å². The molecule has 0 atom stereocenters. The Morgan fingerprint density at radius 1 is 0.914 bits per heavy atom. The van der Waals surface area contributed by atoms with Gasteiger partial charge in [-0.2, -0.15) is 0 Å². The van der Waals surface area contributed by atoms with Crippen molar-refractivity contribution in [3.8, 4) is 0 Å². The molecule has 0 saturated heterocycles. The van der Waals surface area contributed by atoms with Crippen LogP contribution in [-0.4, -0.2) is 32.7 Å². The molecule has 0 aromatic heterocycles. The number of hydrogen-bond acceptors (Lipinski definition) is 5. The summed E-state index contributed by atoms with van der Waals surface area (Å²) in [5.41, 5.74) is 11.0. The van der Waals surface area contributed by atoms with E-state index in [9.17, 15) is 22.8 Å². The number of primary amides is 2. The number of hydrogen-bond donors (Lipinski definition) is 3. The Labute approximate surface area is 207 Å². The number of nitrogens with zero attached hydrogens (tertiary/aromatic N) is 1. The van der Waals surface area contributed by atoms with Crippen LogP contribution in [0.25, 0.3) is 0 Å². The van der Waals surface area contributed by atoms with Crippen LogP contribution < -0.4 is 21.1 Å². The largest absolute Gasteiger partial charge is 0.366 e. The Morgan fingerprint density at radius 3 is 2.06 bits per heavy atom. The van der Waals surface area contributed by atoms with Gasteiger partial charge in [-0.25, -0.2) is 8.42 Å². The SMILES string of the molecule is C=CCN(c1ccc(Cl)cc1)S(=O)(=O)c1cccc(C(=O)Nc2cc(C(N)=O)cc(C(N)=O)c2)c1. The lowest BCUT2D eigenvalue weighted by Crippen LogP contribution is -2.31. The molecule has 0 saturated carbocycles. The van der Waals surface area contributed by atoms with Gasteiger partial charge in [0.15, 0.2) is 0 Å². The maximum Gasteiger partial charge on any atom is 0.264 e. The van der Waals surface area contributed by atoms with Crippen LogP contribution in [0.2, 0.25) is 5.02 Å². The Morgan fingerprint density at radius 2 is 1.51 bits per heavy atom. The minimum atomic E-state index is -4.08. The first kappa shape index (κ1) is 25.5. The van der Waals surface area contributed by atoms with Crippen molar-refractivity contribution in [1.82, 2.24) is 0 Å². The molecule has 11 heteroatoms. The average Bonchev–Trinajstić information content (AvgIpc) is 2.83. The zero-order chi connectivity index (χ0) is 25.8. The molecular weight excluding hydrogens is 492 g/mol. The highest BCUT2D eigenvalue weighted by Crippen LogP contribution is 2.26. The van der Waals surface area contributed by atoms with Crippen LogP contribution in [0, 0.1) is 0 Å². The van der Waals surface area contributed by atoms with E-state index in [1.807, 2.05) is 0 Å². The number of sulfonamides is 1. The molecule has 3 aromatic carbocycles. The Balaban J connectivity index is 1.95. The third kappa shape index (κ3) is 5.86. The van der Waals surface area contributed by atoms with Gasteiger partial charge in [0.05, 0.1) is 17.1 Å². The number of nitrogens with two attached hydrogens (primary N) is 2. The fraction of sp³-hybridized carbons (Fsp3) is 0.0417. The van der Waals surface area contributed by atoms with Crippen molar-refractivity contribution in [2.75, 3.05) is 16.2 Å². The lowest BCUT2D eigenvalue weighted by Gasteiger charge is -2.23. The summed E-state index contributed by atoms with van der Waals surface area (Å²) in [6, 6.07) is 15.4. The Hall–Kier alpha value is -4.15. The Bertz CT molecular complexity index is 1390. The highest BCUT2D eigenvalue weighted by atomic mass is 35.5. The summed E-state index contributed by atoms with van der Waals surface area (Å²) in [5, 5.41) is 2.97. The number of carbonyl (C=O) groups is 3. The number of anilines is 2. The lowest BCUT2D eigenvalue weighted by molar-refractivity contribution is 0.0994. The third-order valence-corrected chi connectivity index (χ3v) is 6.90.